The van der Waals surface area contributed by atoms with Crippen LogP contribution in [-0.2, 0) is 9.47 Å². The van der Waals surface area contributed by atoms with Crippen LogP contribution >= 0.6 is 0 Å². The van der Waals surface area contributed by atoms with Crippen LogP contribution in [0.4, 0.5) is 4.79 Å². The average molecular weight is 334 g/mol. The Balaban J connectivity index is 1.34. The van der Waals surface area contributed by atoms with Gasteiger partial charge in [0.05, 0.1) is 6.61 Å². The predicted molar refractivity (Wildman–Crippen MR) is 91.7 cm³/mol. The Morgan fingerprint density at radius 1 is 1.21 bits per heavy atom. The van der Waals surface area contributed by atoms with E-state index in [1.807, 2.05) is 0 Å². The van der Waals surface area contributed by atoms with Gasteiger partial charge in [-0.25, -0.2) is 4.79 Å². The van der Waals surface area contributed by atoms with E-state index in [-0.39, 0.29) is 11.4 Å². The lowest BCUT2D eigenvalue weighted by atomic mass is 9.64. The maximum atomic E-state index is 12.7. The summed E-state index contributed by atoms with van der Waals surface area (Å²) in [4.78, 5) is 14.8. The minimum atomic E-state index is 0.0374. The van der Waals surface area contributed by atoms with Gasteiger partial charge >= 0.3 is 6.03 Å². The number of amides is 2. The van der Waals surface area contributed by atoms with Gasteiger partial charge in [-0.1, -0.05) is 12.2 Å². The maximum Gasteiger partial charge on any atom is 0.317 e. The number of nitrogens with one attached hydrogen (secondary N) is 1. The zero-order valence-electron chi connectivity index (χ0n) is 14.7. The predicted octanol–water partition coefficient (Wildman–Crippen LogP) is 2.28. The molecule has 5 aliphatic rings. The highest BCUT2D eigenvalue weighted by Crippen LogP contribution is 2.48. The van der Waals surface area contributed by atoms with Crippen LogP contribution in [0.5, 0.6) is 0 Å². The molecule has 0 aromatic carbocycles. The Bertz CT molecular complexity index is 473. The second-order valence-corrected chi connectivity index (χ2v) is 8.23. The zero-order chi connectivity index (χ0) is 16.6. The second-order valence-electron chi connectivity index (χ2n) is 8.23. The zero-order valence-corrected chi connectivity index (χ0v) is 14.7. The van der Waals surface area contributed by atoms with Gasteiger partial charge in [-0.05, 0) is 49.4 Å². The average Bonchev–Trinajstić information content (AvgIpc) is 3.09. The lowest BCUT2D eigenvalue weighted by Crippen LogP contribution is -2.47. The maximum absolute atomic E-state index is 12.7. The molecule has 2 saturated heterocycles. The Kier molecular flexibility index (Phi) is 4.56. The summed E-state index contributed by atoms with van der Waals surface area (Å²) in [5.41, 5.74) is 0.0374. The Morgan fingerprint density at radius 3 is 2.38 bits per heavy atom. The first-order chi connectivity index (χ1) is 11.7. The SMILES string of the molecule is COCC1(CNC(=O)N2CC3C4C=CC(CC4)C3C2)CCOCC1. The molecule has 2 bridgehead atoms. The molecule has 0 aromatic rings. The fraction of sp³-hybridized carbons (Fsp3) is 0.842. The van der Waals surface area contributed by atoms with Gasteiger partial charge in [-0.15, -0.1) is 0 Å². The molecule has 134 valence electrons. The Hall–Kier alpha value is -1.07. The van der Waals surface area contributed by atoms with E-state index in [4.69, 9.17) is 9.47 Å². The number of carbonyl (C=O) groups is 1. The molecule has 4 atom stereocenters. The first kappa shape index (κ1) is 16.4. The van der Waals surface area contributed by atoms with Crippen molar-refractivity contribution in [2.24, 2.45) is 29.1 Å². The third-order valence-corrected chi connectivity index (χ3v) is 6.86. The van der Waals surface area contributed by atoms with Gasteiger partial charge < -0.3 is 19.7 Å². The molecular weight excluding hydrogens is 304 g/mol. The topological polar surface area (TPSA) is 50.8 Å². The molecule has 0 radical (unpaired) electrons. The lowest BCUT2D eigenvalue weighted by Gasteiger charge is -2.40. The third-order valence-electron chi connectivity index (χ3n) is 6.86. The molecule has 3 aliphatic carbocycles. The number of carbonyl (C=O) groups excluding carboxylic acids is 1. The summed E-state index contributed by atoms with van der Waals surface area (Å²) in [6, 6.07) is 0.116. The van der Waals surface area contributed by atoms with Crippen molar-refractivity contribution in [1.29, 1.82) is 0 Å². The number of hydrogen-bond acceptors (Lipinski definition) is 3. The number of ether oxygens (including phenoxy) is 2. The van der Waals surface area contributed by atoms with Crippen molar-refractivity contribution >= 4 is 6.03 Å². The minimum Gasteiger partial charge on any atom is -0.384 e. The number of likely N-dealkylation sites (tertiary alicyclic amines) is 1. The summed E-state index contributed by atoms with van der Waals surface area (Å²) < 4.78 is 10.9. The Labute approximate surface area is 144 Å². The molecule has 1 saturated carbocycles. The number of fused-ring (bicyclic) bond motifs is 1. The standard InChI is InChI=1S/C19H30N2O3/c1-23-13-19(6-8-24-9-7-19)12-20-18(22)21-10-16-14-2-3-15(5-4-14)17(16)11-21/h2-3,14-17H,4-13H2,1H3,(H,20,22). The molecule has 3 fully saturated rings. The first-order valence-corrected chi connectivity index (χ1v) is 9.49. The molecule has 2 aliphatic heterocycles. The summed E-state index contributed by atoms with van der Waals surface area (Å²) in [6.45, 7) is 4.78. The fourth-order valence-corrected chi connectivity index (χ4v) is 5.36. The summed E-state index contributed by atoms with van der Waals surface area (Å²) in [6.07, 6.45) is 9.36. The van der Waals surface area contributed by atoms with E-state index < -0.39 is 0 Å². The van der Waals surface area contributed by atoms with Crippen LogP contribution < -0.4 is 5.32 Å². The third kappa shape index (κ3) is 2.97. The van der Waals surface area contributed by atoms with Crippen molar-refractivity contribution in [3.8, 4) is 0 Å². The molecule has 1 N–H and O–H groups in total. The summed E-state index contributed by atoms with van der Waals surface area (Å²) in [7, 11) is 1.74. The molecule has 2 amide bonds. The highest BCUT2D eigenvalue weighted by Gasteiger charge is 2.47. The molecule has 4 unspecified atom stereocenters. The summed E-state index contributed by atoms with van der Waals surface area (Å²) >= 11 is 0. The van der Waals surface area contributed by atoms with Crippen molar-refractivity contribution in [2.45, 2.75) is 25.7 Å². The van der Waals surface area contributed by atoms with Crippen molar-refractivity contribution in [3.05, 3.63) is 12.2 Å². The van der Waals surface area contributed by atoms with Crippen molar-refractivity contribution in [2.75, 3.05) is 46.6 Å². The molecule has 0 spiro atoms. The smallest absolute Gasteiger partial charge is 0.317 e. The lowest BCUT2D eigenvalue weighted by molar-refractivity contribution is -0.0258. The van der Waals surface area contributed by atoms with Crippen molar-refractivity contribution in [3.63, 3.8) is 0 Å². The van der Waals surface area contributed by atoms with E-state index >= 15 is 0 Å². The van der Waals surface area contributed by atoms with Crippen LogP contribution in [0.1, 0.15) is 25.7 Å². The van der Waals surface area contributed by atoms with Gasteiger partial charge in [0.1, 0.15) is 0 Å². The monoisotopic (exact) mass is 334 g/mol. The number of urea groups is 1. The van der Waals surface area contributed by atoms with Crippen LogP contribution in [0.15, 0.2) is 12.2 Å². The van der Waals surface area contributed by atoms with Gasteiger partial charge in [0.15, 0.2) is 0 Å². The van der Waals surface area contributed by atoms with Gasteiger partial charge in [0, 0.05) is 45.4 Å². The van der Waals surface area contributed by atoms with E-state index in [0.717, 1.165) is 39.1 Å². The van der Waals surface area contributed by atoms with E-state index in [2.05, 4.69) is 22.4 Å². The van der Waals surface area contributed by atoms with E-state index in [1.165, 1.54) is 12.8 Å². The van der Waals surface area contributed by atoms with Crippen LogP contribution in [0.2, 0.25) is 0 Å². The summed E-state index contributed by atoms with van der Waals surface area (Å²) in [5, 5.41) is 3.21. The molecule has 2 heterocycles. The molecular formula is C19H30N2O3. The summed E-state index contributed by atoms with van der Waals surface area (Å²) in [5.74, 6) is 2.78. The fourth-order valence-electron chi connectivity index (χ4n) is 5.36. The first-order valence-electron chi connectivity index (χ1n) is 9.49. The Morgan fingerprint density at radius 2 is 1.83 bits per heavy atom. The number of allylic oxidation sites excluding steroid dienone is 2. The highest BCUT2D eigenvalue weighted by molar-refractivity contribution is 5.74. The number of hydrogen-bond donors (Lipinski definition) is 1. The van der Waals surface area contributed by atoms with E-state index in [0.29, 0.717) is 36.8 Å². The van der Waals surface area contributed by atoms with Gasteiger partial charge in [-0.2, -0.15) is 0 Å². The molecule has 5 nitrogen and oxygen atoms in total. The largest absolute Gasteiger partial charge is 0.384 e. The number of methoxy groups -OCH3 is 1. The van der Waals surface area contributed by atoms with Crippen LogP contribution in [0.25, 0.3) is 0 Å². The molecule has 5 rings (SSSR count). The van der Waals surface area contributed by atoms with Crippen LogP contribution in [-0.4, -0.2) is 57.5 Å². The highest BCUT2D eigenvalue weighted by atomic mass is 16.5. The normalized spacial score (nSPS) is 36.6. The molecule has 5 heteroatoms. The van der Waals surface area contributed by atoms with E-state index in [1.54, 1.807) is 7.11 Å². The quantitative estimate of drug-likeness (QED) is 0.803. The number of rotatable bonds is 4. The molecule has 24 heavy (non-hydrogen) atoms. The number of nitrogens with zero attached hydrogens (tertiary/aromatic N) is 1. The van der Waals surface area contributed by atoms with E-state index in [9.17, 15) is 4.79 Å². The van der Waals surface area contributed by atoms with Gasteiger partial charge in [-0.3, -0.25) is 0 Å². The minimum absolute atomic E-state index is 0.0374. The van der Waals surface area contributed by atoms with Gasteiger partial charge in [0.25, 0.3) is 0 Å². The van der Waals surface area contributed by atoms with Crippen LogP contribution in [0.3, 0.4) is 0 Å². The van der Waals surface area contributed by atoms with Crippen molar-refractivity contribution < 1.29 is 14.3 Å². The second kappa shape index (κ2) is 6.68. The van der Waals surface area contributed by atoms with Crippen LogP contribution in [0, 0.1) is 29.1 Å². The van der Waals surface area contributed by atoms with Gasteiger partial charge in [0.2, 0.25) is 0 Å². The van der Waals surface area contributed by atoms with Crippen molar-refractivity contribution in [1.82, 2.24) is 10.2 Å². The molecule has 0 aromatic heterocycles.